The molecule has 100 valence electrons. The van der Waals surface area contributed by atoms with Gasteiger partial charge in [-0.2, -0.15) is 0 Å². The molecule has 1 saturated carbocycles. The Hall–Kier alpha value is -0.120. The molecule has 0 amide bonds. The Morgan fingerprint density at radius 3 is 2.59 bits per heavy atom. The van der Waals surface area contributed by atoms with Gasteiger partial charge in [0.1, 0.15) is 0 Å². The van der Waals surface area contributed by atoms with Crippen molar-refractivity contribution in [1.82, 2.24) is 10.2 Å². The van der Waals surface area contributed by atoms with Crippen LogP contribution in [-0.4, -0.2) is 50.3 Å². The van der Waals surface area contributed by atoms with Crippen LogP contribution in [0.5, 0.6) is 0 Å². The van der Waals surface area contributed by atoms with Gasteiger partial charge in [-0.1, -0.05) is 13.3 Å². The first-order chi connectivity index (χ1) is 8.29. The lowest BCUT2D eigenvalue weighted by Crippen LogP contribution is -2.47. The Kier molecular flexibility index (Phi) is 5.26. The first-order valence-electron chi connectivity index (χ1n) is 7.32. The van der Waals surface area contributed by atoms with Crippen LogP contribution in [0.15, 0.2) is 0 Å². The zero-order valence-electron chi connectivity index (χ0n) is 11.5. The van der Waals surface area contributed by atoms with Crippen LogP contribution in [-0.2, 0) is 4.74 Å². The molecule has 0 aromatic rings. The van der Waals surface area contributed by atoms with Crippen molar-refractivity contribution in [3.8, 4) is 0 Å². The third kappa shape index (κ3) is 3.94. The Balaban J connectivity index is 1.70. The largest absolute Gasteiger partial charge is 0.374 e. The molecule has 1 aliphatic heterocycles. The number of nitrogens with one attached hydrogen (secondary N) is 1. The first kappa shape index (κ1) is 13.3. The lowest BCUT2D eigenvalue weighted by molar-refractivity contribution is -0.00168. The third-order valence-electron chi connectivity index (χ3n) is 4.51. The number of morpholine rings is 1. The van der Waals surface area contributed by atoms with E-state index in [0.717, 1.165) is 38.2 Å². The van der Waals surface area contributed by atoms with E-state index < -0.39 is 0 Å². The number of hydrogen-bond donors (Lipinski definition) is 1. The van der Waals surface area contributed by atoms with Gasteiger partial charge in [0.2, 0.25) is 0 Å². The highest BCUT2D eigenvalue weighted by molar-refractivity contribution is 4.80. The maximum Gasteiger partial charge on any atom is 0.0826 e. The van der Waals surface area contributed by atoms with E-state index in [0.29, 0.717) is 6.10 Å². The van der Waals surface area contributed by atoms with Crippen LogP contribution >= 0.6 is 0 Å². The Morgan fingerprint density at radius 2 is 2.00 bits per heavy atom. The number of rotatable bonds is 4. The molecule has 0 spiro atoms. The van der Waals surface area contributed by atoms with Gasteiger partial charge in [-0.25, -0.2) is 0 Å². The van der Waals surface area contributed by atoms with Crippen molar-refractivity contribution in [3.63, 3.8) is 0 Å². The lowest BCUT2D eigenvalue weighted by Gasteiger charge is -2.37. The van der Waals surface area contributed by atoms with Crippen LogP contribution in [0.4, 0.5) is 0 Å². The molecule has 0 aromatic carbocycles. The second kappa shape index (κ2) is 6.72. The molecule has 17 heavy (non-hydrogen) atoms. The van der Waals surface area contributed by atoms with E-state index in [9.17, 15) is 0 Å². The normalized spacial score (nSPS) is 35.1. The predicted molar refractivity (Wildman–Crippen MR) is 71.3 cm³/mol. The molecule has 1 aliphatic carbocycles. The quantitative estimate of drug-likeness (QED) is 0.812. The minimum Gasteiger partial charge on any atom is -0.374 e. The van der Waals surface area contributed by atoms with E-state index in [1.807, 2.05) is 0 Å². The summed E-state index contributed by atoms with van der Waals surface area (Å²) in [5.41, 5.74) is 0. The summed E-state index contributed by atoms with van der Waals surface area (Å²) in [6, 6.07) is 0.795. The van der Waals surface area contributed by atoms with E-state index in [1.54, 1.807) is 0 Å². The molecule has 0 radical (unpaired) electrons. The topological polar surface area (TPSA) is 24.5 Å². The second-order valence-corrected chi connectivity index (χ2v) is 5.72. The maximum atomic E-state index is 5.78. The zero-order chi connectivity index (χ0) is 12.1. The third-order valence-corrected chi connectivity index (χ3v) is 4.51. The molecule has 0 bridgehead atoms. The van der Waals surface area contributed by atoms with Gasteiger partial charge in [-0.05, 0) is 38.6 Å². The molecule has 1 N–H and O–H groups in total. The molecule has 3 heteroatoms. The van der Waals surface area contributed by atoms with Gasteiger partial charge < -0.3 is 15.0 Å². The van der Waals surface area contributed by atoms with Crippen LogP contribution in [0.3, 0.4) is 0 Å². The minimum atomic E-state index is 0.401. The molecule has 1 atom stereocenters. The van der Waals surface area contributed by atoms with Gasteiger partial charge in [0.25, 0.3) is 0 Å². The second-order valence-electron chi connectivity index (χ2n) is 5.72. The monoisotopic (exact) mass is 240 g/mol. The van der Waals surface area contributed by atoms with E-state index >= 15 is 0 Å². The summed E-state index contributed by atoms with van der Waals surface area (Å²) in [5, 5.41) is 3.41. The van der Waals surface area contributed by atoms with Gasteiger partial charge in [-0.15, -0.1) is 0 Å². The summed E-state index contributed by atoms with van der Waals surface area (Å²) in [6.07, 6.45) is 7.39. The molecule has 2 rings (SSSR count). The van der Waals surface area contributed by atoms with E-state index in [4.69, 9.17) is 4.74 Å². The van der Waals surface area contributed by atoms with Crippen molar-refractivity contribution in [3.05, 3.63) is 0 Å². The molecule has 3 nitrogen and oxygen atoms in total. The van der Waals surface area contributed by atoms with Gasteiger partial charge in [0.15, 0.2) is 0 Å². The Morgan fingerprint density at radius 1 is 1.24 bits per heavy atom. The van der Waals surface area contributed by atoms with Crippen molar-refractivity contribution < 1.29 is 4.74 Å². The van der Waals surface area contributed by atoms with Crippen molar-refractivity contribution in [2.75, 3.05) is 33.3 Å². The van der Waals surface area contributed by atoms with Crippen molar-refractivity contribution in [2.45, 2.75) is 51.2 Å². The minimum absolute atomic E-state index is 0.401. The summed E-state index contributed by atoms with van der Waals surface area (Å²) in [7, 11) is 2.27. The average molecular weight is 240 g/mol. The fourth-order valence-corrected chi connectivity index (χ4v) is 3.20. The highest BCUT2D eigenvalue weighted by Crippen LogP contribution is 2.29. The van der Waals surface area contributed by atoms with E-state index in [2.05, 4.69) is 24.2 Å². The van der Waals surface area contributed by atoms with Crippen LogP contribution in [0, 0.1) is 5.92 Å². The molecular formula is C14H28N2O. The van der Waals surface area contributed by atoms with Crippen molar-refractivity contribution in [1.29, 1.82) is 0 Å². The number of hydrogen-bond acceptors (Lipinski definition) is 3. The highest BCUT2D eigenvalue weighted by Gasteiger charge is 2.25. The zero-order valence-corrected chi connectivity index (χ0v) is 11.5. The van der Waals surface area contributed by atoms with Gasteiger partial charge in [0, 0.05) is 25.7 Å². The summed E-state index contributed by atoms with van der Waals surface area (Å²) in [6.45, 7) is 6.34. The summed E-state index contributed by atoms with van der Waals surface area (Å²) in [4.78, 5) is 2.53. The smallest absolute Gasteiger partial charge is 0.0826 e. The number of ether oxygens (including phenoxy) is 1. The van der Waals surface area contributed by atoms with Crippen LogP contribution in [0.2, 0.25) is 0 Å². The van der Waals surface area contributed by atoms with Crippen LogP contribution in [0.25, 0.3) is 0 Å². The maximum absolute atomic E-state index is 5.78. The van der Waals surface area contributed by atoms with Gasteiger partial charge in [0.05, 0.1) is 12.7 Å². The Labute approximate surface area is 106 Å². The Bertz CT molecular complexity index is 208. The predicted octanol–water partition coefficient (Wildman–Crippen LogP) is 1.88. The fourth-order valence-electron chi connectivity index (χ4n) is 3.20. The number of nitrogens with zero attached hydrogens (tertiary/aromatic N) is 1. The molecule has 0 aromatic heterocycles. The highest BCUT2D eigenvalue weighted by atomic mass is 16.5. The van der Waals surface area contributed by atoms with Gasteiger partial charge in [-0.3, -0.25) is 0 Å². The van der Waals surface area contributed by atoms with E-state index in [1.165, 1.54) is 32.1 Å². The molecular weight excluding hydrogens is 212 g/mol. The standard InChI is InChI=1S/C14H28N2O/c1-3-12-4-6-13(7-5-12)16(2)11-14-10-15-8-9-17-14/h12-15H,3-11H2,1-2H3. The molecule has 2 fully saturated rings. The van der Waals surface area contributed by atoms with Crippen molar-refractivity contribution >= 4 is 0 Å². The molecule has 1 heterocycles. The summed E-state index contributed by atoms with van der Waals surface area (Å²) >= 11 is 0. The first-order valence-corrected chi connectivity index (χ1v) is 7.32. The lowest BCUT2D eigenvalue weighted by atomic mass is 9.84. The number of likely N-dealkylation sites (N-methyl/N-ethyl adjacent to an activating group) is 1. The SMILES string of the molecule is CCC1CCC(N(C)CC2CNCCO2)CC1. The van der Waals surface area contributed by atoms with Crippen LogP contribution < -0.4 is 5.32 Å². The summed E-state index contributed by atoms with van der Waals surface area (Å²) < 4.78 is 5.78. The molecule has 1 saturated heterocycles. The van der Waals surface area contributed by atoms with Crippen molar-refractivity contribution in [2.24, 2.45) is 5.92 Å². The van der Waals surface area contributed by atoms with E-state index in [-0.39, 0.29) is 0 Å². The summed E-state index contributed by atoms with van der Waals surface area (Å²) in [5.74, 6) is 0.993. The molecule has 1 unspecified atom stereocenters. The van der Waals surface area contributed by atoms with Gasteiger partial charge >= 0.3 is 0 Å². The van der Waals surface area contributed by atoms with Crippen LogP contribution in [0.1, 0.15) is 39.0 Å². The average Bonchev–Trinajstić information content (AvgIpc) is 2.40. The fraction of sp³-hybridized carbons (Fsp3) is 1.00. The molecule has 2 aliphatic rings.